The van der Waals surface area contributed by atoms with Crippen molar-refractivity contribution in [1.82, 2.24) is 4.57 Å². The van der Waals surface area contributed by atoms with Gasteiger partial charge in [0.1, 0.15) is 11.6 Å². The van der Waals surface area contributed by atoms with E-state index < -0.39 is 0 Å². The van der Waals surface area contributed by atoms with Crippen molar-refractivity contribution in [1.29, 1.82) is 5.26 Å². The van der Waals surface area contributed by atoms with Crippen LogP contribution >= 0.6 is 0 Å². The second-order valence-electron chi connectivity index (χ2n) is 3.13. The van der Waals surface area contributed by atoms with E-state index in [2.05, 4.69) is 11.8 Å². The van der Waals surface area contributed by atoms with Gasteiger partial charge in [-0.05, 0) is 26.0 Å². The van der Waals surface area contributed by atoms with E-state index in [1.54, 1.807) is 23.6 Å². The van der Waals surface area contributed by atoms with Gasteiger partial charge < -0.3 is 4.57 Å². The summed E-state index contributed by atoms with van der Waals surface area (Å²) in [6, 6.07) is 5.22. The Kier molecular flexibility index (Phi) is 3.71. The summed E-state index contributed by atoms with van der Waals surface area (Å²) in [5.74, 6) is 5.67. The number of hydrogen-bond donors (Lipinski definition) is 0. The topological polar surface area (TPSA) is 45.8 Å². The van der Waals surface area contributed by atoms with Gasteiger partial charge in [0.25, 0.3) is 5.56 Å². The van der Waals surface area contributed by atoms with E-state index in [0.29, 0.717) is 13.0 Å². The van der Waals surface area contributed by atoms with Crippen molar-refractivity contribution in [2.75, 3.05) is 0 Å². The van der Waals surface area contributed by atoms with Gasteiger partial charge in [-0.3, -0.25) is 4.79 Å². The van der Waals surface area contributed by atoms with Crippen LogP contribution in [0, 0.1) is 30.1 Å². The third-order valence-corrected chi connectivity index (χ3v) is 2.15. The van der Waals surface area contributed by atoms with Crippen LogP contribution in [-0.2, 0) is 6.54 Å². The first kappa shape index (κ1) is 11.1. The summed E-state index contributed by atoms with van der Waals surface area (Å²) in [5.41, 5.74) is 0.817. The number of nitriles is 1. The second-order valence-corrected chi connectivity index (χ2v) is 3.13. The molecule has 0 bridgehead atoms. The van der Waals surface area contributed by atoms with Crippen molar-refractivity contribution in [2.24, 2.45) is 0 Å². The number of aromatic nitrogens is 1. The minimum Gasteiger partial charge on any atom is -0.311 e. The molecule has 0 aliphatic carbocycles. The lowest BCUT2D eigenvalue weighted by Crippen LogP contribution is -2.24. The molecule has 0 N–H and O–H groups in total. The Bertz CT molecular complexity index is 509. The van der Waals surface area contributed by atoms with Crippen LogP contribution in [0.2, 0.25) is 0 Å². The Hall–Kier alpha value is -2.00. The van der Waals surface area contributed by atoms with Crippen molar-refractivity contribution >= 4 is 0 Å². The van der Waals surface area contributed by atoms with Gasteiger partial charge in [-0.1, -0.05) is 0 Å². The molecule has 1 heterocycles. The smallest absolute Gasteiger partial charge is 0.268 e. The van der Waals surface area contributed by atoms with Crippen molar-refractivity contribution in [3.05, 3.63) is 33.7 Å². The van der Waals surface area contributed by atoms with E-state index >= 15 is 0 Å². The average molecular weight is 200 g/mol. The van der Waals surface area contributed by atoms with Gasteiger partial charge in [0.15, 0.2) is 0 Å². The Labute approximate surface area is 89.0 Å². The quantitative estimate of drug-likeness (QED) is 0.678. The molecular formula is C12H12N2O. The van der Waals surface area contributed by atoms with E-state index in [-0.39, 0.29) is 11.1 Å². The SMILES string of the molecule is CC#CCCn1c(C)ccc(C#N)c1=O. The van der Waals surface area contributed by atoms with Gasteiger partial charge in [0.2, 0.25) is 0 Å². The Balaban J connectivity index is 3.09. The molecule has 0 fully saturated rings. The number of pyridine rings is 1. The Morgan fingerprint density at radius 1 is 1.47 bits per heavy atom. The van der Waals surface area contributed by atoms with Gasteiger partial charge in [-0.15, -0.1) is 11.8 Å². The lowest BCUT2D eigenvalue weighted by Gasteiger charge is -2.07. The van der Waals surface area contributed by atoms with Crippen LogP contribution in [0.1, 0.15) is 24.6 Å². The summed E-state index contributed by atoms with van der Waals surface area (Å²) >= 11 is 0. The minimum absolute atomic E-state index is 0.185. The normalized spacial score (nSPS) is 8.87. The van der Waals surface area contributed by atoms with Gasteiger partial charge in [-0.25, -0.2) is 0 Å². The fourth-order valence-corrected chi connectivity index (χ4v) is 1.33. The minimum atomic E-state index is -0.226. The molecule has 0 saturated carbocycles. The highest BCUT2D eigenvalue weighted by atomic mass is 16.1. The standard InChI is InChI=1S/C12H12N2O/c1-3-4-5-8-14-10(2)6-7-11(9-13)12(14)15/h6-7H,5,8H2,1-2H3. The molecule has 0 radical (unpaired) electrons. The molecule has 76 valence electrons. The predicted octanol–water partition coefficient (Wildman–Crippen LogP) is 1.44. The lowest BCUT2D eigenvalue weighted by atomic mass is 10.2. The molecule has 1 aromatic heterocycles. The second kappa shape index (κ2) is 5.02. The summed E-state index contributed by atoms with van der Waals surface area (Å²) in [6.45, 7) is 4.16. The van der Waals surface area contributed by atoms with Crippen LogP contribution in [0.15, 0.2) is 16.9 Å². The maximum absolute atomic E-state index is 11.7. The summed E-state index contributed by atoms with van der Waals surface area (Å²) < 4.78 is 1.59. The molecular weight excluding hydrogens is 188 g/mol. The first-order valence-electron chi connectivity index (χ1n) is 4.71. The monoisotopic (exact) mass is 200 g/mol. The maximum Gasteiger partial charge on any atom is 0.268 e. The van der Waals surface area contributed by atoms with Crippen LogP contribution in [0.4, 0.5) is 0 Å². The van der Waals surface area contributed by atoms with Crippen LogP contribution < -0.4 is 5.56 Å². The zero-order chi connectivity index (χ0) is 11.3. The number of aryl methyl sites for hydroxylation is 1. The number of nitrogens with zero attached hydrogens (tertiary/aromatic N) is 2. The van der Waals surface area contributed by atoms with E-state index in [1.165, 1.54) is 0 Å². The highest BCUT2D eigenvalue weighted by molar-refractivity contribution is 5.27. The third kappa shape index (κ3) is 2.48. The zero-order valence-corrected chi connectivity index (χ0v) is 8.87. The van der Waals surface area contributed by atoms with Crippen LogP contribution in [0.3, 0.4) is 0 Å². The maximum atomic E-state index is 11.7. The molecule has 0 spiro atoms. The number of hydrogen-bond acceptors (Lipinski definition) is 2. The van der Waals surface area contributed by atoms with E-state index in [4.69, 9.17) is 5.26 Å². The molecule has 0 amide bonds. The van der Waals surface area contributed by atoms with Crippen molar-refractivity contribution in [3.63, 3.8) is 0 Å². The molecule has 1 rings (SSSR count). The largest absolute Gasteiger partial charge is 0.311 e. The van der Waals surface area contributed by atoms with E-state index in [9.17, 15) is 4.79 Å². The molecule has 3 nitrogen and oxygen atoms in total. The van der Waals surface area contributed by atoms with Crippen molar-refractivity contribution in [2.45, 2.75) is 26.8 Å². The molecule has 3 heteroatoms. The Morgan fingerprint density at radius 2 is 2.20 bits per heavy atom. The van der Waals surface area contributed by atoms with Gasteiger partial charge in [0.05, 0.1) is 0 Å². The molecule has 0 aliphatic heterocycles. The van der Waals surface area contributed by atoms with Crippen LogP contribution in [0.25, 0.3) is 0 Å². The van der Waals surface area contributed by atoms with Gasteiger partial charge >= 0.3 is 0 Å². The fourth-order valence-electron chi connectivity index (χ4n) is 1.33. The molecule has 0 saturated heterocycles. The summed E-state index contributed by atoms with van der Waals surface area (Å²) in [4.78, 5) is 11.7. The highest BCUT2D eigenvalue weighted by Gasteiger charge is 2.04. The summed E-state index contributed by atoms with van der Waals surface area (Å²) in [5, 5.41) is 8.71. The summed E-state index contributed by atoms with van der Waals surface area (Å²) in [7, 11) is 0. The molecule has 0 aromatic carbocycles. The summed E-state index contributed by atoms with van der Waals surface area (Å²) in [6.07, 6.45) is 0.631. The molecule has 0 aliphatic rings. The van der Waals surface area contributed by atoms with E-state index in [0.717, 1.165) is 5.69 Å². The third-order valence-electron chi connectivity index (χ3n) is 2.15. The number of rotatable bonds is 2. The van der Waals surface area contributed by atoms with Gasteiger partial charge in [0, 0.05) is 18.7 Å². The molecule has 0 atom stereocenters. The van der Waals surface area contributed by atoms with Crippen LogP contribution in [-0.4, -0.2) is 4.57 Å². The first-order valence-corrected chi connectivity index (χ1v) is 4.71. The lowest BCUT2D eigenvalue weighted by molar-refractivity contribution is 0.665. The first-order chi connectivity index (χ1) is 7.20. The Morgan fingerprint density at radius 3 is 2.80 bits per heavy atom. The molecule has 1 aromatic rings. The van der Waals surface area contributed by atoms with Crippen molar-refractivity contribution < 1.29 is 0 Å². The fraction of sp³-hybridized carbons (Fsp3) is 0.333. The van der Waals surface area contributed by atoms with Crippen LogP contribution in [0.5, 0.6) is 0 Å². The highest BCUT2D eigenvalue weighted by Crippen LogP contribution is 1.98. The van der Waals surface area contributed by atoms with Crippen molar-refractivity contribution in [3.8, 4) is 17.9 Å². The molecule has 0 unspecified atom stereocenters. The predicted molar refractivity (Wildman–Crippen MR) is 58.2 cm³/mol. The van der Waals surface area contributed by atoms with E-state index in [1.807, 2.05) is 13.0 Å². The average Bonchev–Trinajstić information content (AvgIpc) is 2.23. The molecule has 15 heavy (non-hydrogen) atoms. The zero-order valence-electron chi connectivity index (χ0n) is 8.87. The van der Waals surface area contributed by atoms with Gasteiger partial charge in [-0.2, -0.15) is 5.26 Å².